The lowest BCUT2D eigenvalue weighted by molar-refractivity contribution is -0.0940. The van der Waals surface area contributed by atoms with Gasteiger partial charge < -0.3 is 15.2 Å². The smallest absolute Gasteiger partial charge is 0.278 e. The molecule has 2 aromatic rings. The van der Waals surface area contributed by atoms with Gasteiger partial charge in [0.1, 0.15) is 6.10 Å². The van der Waals surface area contributed by atoms with Gasteiger partial charge in [-0.05, 0) is 18.2 Å². The van der Waals surface area contributed by atoms with E-state index in [1.54, 1.807) is 25.1 Å². The molecule has 154 valence electrons. The van der Waals surface area contributed by atoms with Crippen molar-refractivity contribution in [1.29, 1.82) is 0 Å². The Balaban J connectivity index is 1.59. The molecule has 0 unspecified atom stereocenters. The highest BCUT2D eigenvalue weighted by molar-refractivity contribution is 6.33. The fourth-order valence-corrected chi connectivity index (χ4v) is 3.36. The van der Waals surface area contributed by atoms with Crippen molar-refractivity contribution in [2.24, 2.45) is 5.41 Å². The van der Waals surface area contributed by atoms with E-state index in [0.717, 1.165) is 0 Å². The Hall–Kier alpha value is -2.59. The molecule has 1 saturated heterocycles. The second-order valence-corrected chi connectivity index (χ2v) is 7.54. The predicted molar refractivity (Wildman–Crippen MR) is 102 cm³/mol. The summed E-state index contributed by atoms with van der Waals surface area (Å²) in [6, 6.07) is 7.89. The standard InChI is InChI=1S/C19H21ClN4O5/c1-19(10-24(28)18(27)13-4-2-3-5-14(13)20)11-29-15(16(19)25)9-21-17(26)12-6-7-22-23-8-12/h2-8,15-16,25,28H,9-11H2,1H3,(H,21,26)/t15-,16-,19-/m1/s1. The number of carbonyl (C=O) groups excluding carboxylic acids is 2. The molecule has 29 heavy (non-hydrogen) atoms. The maximum Gasteiger partial charge on any atom is 0.278 e. The third kappa shape index (κ3) is 4.70. The lowest BCUT2D eigenvalue weighted by Gasteiger charge is -2.31. The first-order chi connectivity index (χ1) is 13.8. The summed E-state index contributed by atoms with van der Waals surface area (Å²) in [6.45, 7) is 1.67. The first-order valence-electron chi connectivity index (χ1n) is 8.91. The van der Waals surface area contributed by atoms with Gasteiger partial charge in [-0.25, -0.2) is 5.06 Å². The fraction of sp³-hybridized carbons (Fsp3) is 0.368. The van der Waals surface area contributed by atoms with Gasteiger partial charge in [-0.3, -0.25) is 14.8 Å². The van der Waals surface area contributed by atoms with Crippen LogP contribution in [0.15, 0.2) is 42.7 Å². The van der Waals surface area contributed by atoms with Crippen LogP contribution in [0, 0.1) is 5.41 Å². The zero-order valence-electron chi connectivity index (χ0n) is 15.7. The highest BCUT2D eigenvalue weighted by Gasteiger charge is 2.47. The van der Waals surface area contributed by atoms with Crippen molar-refractivity contribution < 1.29 is 24.6 Å². The number of amides is 2. The third-order valence-electron chi connectivity index (χ3n) is 4.85. The molecular weight excluding hydrogens is 400 g/mol. The van der Waals surface area contributed by atoms with E-state index in [9.17, 15) is 19.9 Å². The Morgan fingerprint density at radius 2 is 2.10 bits per heavy atom. The number of hydroxylamine groups is 2. The van der Waals surface area contributed by atoms with E-state index in [1.165, 1.54) is 24.5 Å². The van der Waals surface area contributed by atoms with Crippen LogP contribution in [0.3, 0.4) is 0 Å². The highest BCUT2D eigenvalue weighted by Crippen LogP contribution is 2.34. The number of rotatable bonds is 6. The quantitative estimate of drug-likeness (QED) is 0.473. The summed E-state index contributed by atoms with van der Waals surface area (Å²) in [5.74, 6) is -1.05. The molecule has 9 nitrogen and oxygen atoms in total. The molecule has 0 aliphatic carbocycles. The lowest BCUT2D eigenvalue weighted by atomic mass is 9.84. The number of hydrogen-bond donors (Lipinski definition) is 3. The minimum Gasteiger partial charge on any atom is -0.390 e. The van der Waals surface area contributed by atoms with Crippen molar-refractivity contribution in [3.05, 3.63) is 58.9 Å². The molecule has 3 atom stereocenters. The highest BCUT2D eigenvalue weighted by atomic mass is 35.5. The average molecular weight is 421 g/mol. The van der Waals surface area contributed by atoms with Crippen LogP contribution >= 0.6 is 11.6 Å². The molecule has 0 radical (unpaired) electrons. The van der Waals surface area contributed by atoms with Crippen molar-refractivity contribution in [3.63, 3.8) is 0 Å². The van der Waals surface area contributed by atoms with Crippen LogP contribution in [-0.4, -0.2) is 69.3 Å². The lowest BCUT2D eigenvalue weighted by Crippen LogP contribution is -2.47. The Morgan fingerprint density at radius 1 is 1.34 bits per heavy atom. The maximum atomic E-state index is 12.5. The SMILES string of the molecule is C[C@@]1(CN(O)C(=O)c2ccccc2Cl)CO[C@H](CNC(=O)c2ccnnc2)[C@H]1O. The van der Waals surface area contributed by atoms with Gasteiger partial charge in [0.15, 0.2) is 0 Å². The van der Waals surface area contributed by atoms with Crippen molar-refractivity contribution >= 4 is 23.4 Å². The summed E-state index contributed by atoms with van der Waals surface area (Å²) in [4.78, 5) is 24.6. The summed E-state index contributed by atoms with van der Waals surface area (Å²) >= 11 is 6.01. The van der Waals surface area contributed by atoms with Gasteiger partial charge in [0.25, 0.3) is 11.8 Å². The van der Waals surface area contributed by atoms with E-state index in [0.29, 0.717) is 10.6 Å². The van der Waals surface area contributed by atoms with Crippen LogP contribution < -0.4 is 5.32 Å². The molecule has 1 aromatic carbocycles. The summed E-state index contributed by atoms with van der Waals surface area (Å²) in [5.41, 5.74) is -0.440. The number of halogens is 1. The largest absolute Gasteiger partial charge is 0.390 e. The normalized spacial score (nSPS) is 23.6. The molecule has 10 heteroatoms. The molecule has 0 bridgehead atoms. The fourth-order valence-electron chi connectivity index (χ4n) is 3.14. The van der Waals surface area contributed by atoms with E-state index < -0.39 is 23.5 Å². The number of carbonyl (C=O) groups is 2. The van der Waals surface area contributed by atoms with Crippen LogP contribution in [0.25, 0.3) is 0 Å². The molecular formula is C19H21ClN4O5. The Morgan fingerprint density at radius 3 is 2.79 bits per heavy atom. The minimum absolute atomic E-state index is 0.0573. The number of nitrogens with one attached hydrogen (secondary N) is 1. The molecule has 1 aliphatic heterocycles. The Kier molecular flexibility index (Phi) is 6.43. The van der Waals surface area contributed by atoms with Crippen molar-refractivity contribution in [1.82, 2.24) is 20.6 Å². The van der Waals surface area contributed by atoms with E-state index in [2.05, 4.69) is 15.5 Å². The molecule has 1 aliphatic rings. The van der Waals surface area contributed by atoms with Crippen LogP contribution in [0.4, 0.5) is 0 Å². The molecule has 1 aromatic heterocycles. The second kappa shape index (κ2) is 8.83. The van der Waals surface area contributed by atoms with E-state index in [4.69, 9.17) is 16.3 Å². The summed E-state index contributed by atoms with van der Waals surface area (Å²) < 4.78 is 5.61. The van der Waals surface area contributed by atoms with Crippen molar-refractivity contribution in [2.75, 3.05) is 19.7 Å². The zero-order valence-corrected chi connectivity index (χ0v) is 16.4. The number of nitrogens with zero attached hydrogens (tertiary/aromatic N) is 3. The summed E-state index contributed by atoms with van der Waals surface area (Å²) in [7, 11) is 0. The Bertz CT molecular complexity index is 884. The molecule has 1 fully saturated rings. The molecule has 0 spiro atoms. The van der Waals surface area contributed by atoms with Gasteiger partial charge in [-0.1, -0.05) is 30.7 Å². The van der Waals surface area contributed by atoms with E-state index in [1.807, 2.05) is 0 Å². The molecule has 0 saturated carbocycles. The van der Waals surface area contributed by atoms with Crippen molar-refractivity contribution in [3.8, 4) is 0 Å². The Labute approximate surface area is 172 Å². The van der Waals surface area contributed by atoms with Crippen LogP contribution in [0.1, 0.15) is 27.6 Å². The molecule has 2 heterocycles. The predicted octanol–water partition coefficient (Wildman–Crippen LogP) is 1.16. The zero-order chi connectivity index (χ0) is 21.0. The summed E-state index contributed by atoms with van der Waals surface area (Å²) in [6.07, 6.45) is 1.02. The number of aliphatic hydroxyl groups is 1. The van der Waals surface area contributed by atoms with Gasteiger partial charge in [0.2, 0.25) is 0 Å². The van der Waals surface area contributed by atoms with Crippen LogP contribution in [0.5, 0.6) is 0 Å². The van der Waals surface area contributed by atoms with Crippen molar-refractivity contribution in [2.45, 2.75) is 19.1 Å². The average Bonchev–Trinajstić information content (AvgIpc) is 3.00. The molecule has 3 rings (SSSR count). The van der Waals surface area contributed by atoms with Gasteiger partial charge in [0, 0.05) is 12.0 Å². The van der Waals surface area contributed by atoms with Gasteiger partial charge in [-0.15, -0.1) is 0 Å². The van der Waals surface area contributed by atoms with E-state index >= 15 is 0 Å². The van der Waals surface area contributed by atoms with Gasteiger partial charge >= 0.3 is 0 Å². The number of benzene rings is 1. The molecule has 3 N–H and O–H groups in total. The number of hydrogen-bond acceptors (Lipinski definition) is 7. The van der Waals surface area contributed by atoms with Crippen LogP contribution in [0.2, 0.25) is 5.02 Å². The van der Waals surface area contributed by atoms with Crippen LogP contribution in [-0.2, 0) is 4.74 Å². The number of aliphatic hydroxyl groups excluding tert-OH is 1. The second-order valence-electron chi connectivity index (χ2n) is 7.13. The minimum atomic E-state index is -1.02. The van der Waals surface area contributed by atoms with Gasteiger partial charge in [0.05, 0.1) is 47.8 Å². The number of ether oxygens (including phenoxy) is 1. The van der Waals surface area contributed by atoms with E-state index in [-0.39, 0.29) is 36.2 Å². The third-order valence-corrected chi connectivity index (χ3v) is 5.18. The topological polar surface area (TPSA) is 125 Å². The molecule has 2 amide bonds. The van der Waals surface area contributed by atoms with Gasteiger partial charge in [-0.2, -0.15) is 10.2 Å². The maximum absolute atomic E-state index is 12.5. The number of aromatic nitrogens is 2. The monoisotopic (exact) mass is 420 g/mol. The summed E-state index contributed by atoms with van der Waals surface area (Å²) in [5, 5.41) is 31.6. The first kappa shape index (κ1) is 21.1. The first-order valence-corrected chi connectivity index (χ1v) is 9.29.